The summed E-state index contributed by atoms with van der Waals surface area (Å²) < 4.78 is 1.74. The summed E-state index contributed by atoms with van der Waals surface area (Å²) in [7, 11) is 0. The fraction of sp³-hybridized carbons (Fsp3) is 0.300. The molecule has 0 unspecified atom stereocenters. The zero-order valence-electron chi connectivity index (χ0n) is 9.17. The third-order valence-corrected chi connectivity index (χ3v) is 2.89. The van der Waals surface area contributed by atoms with Crippen LogP contribution in [0, 0.1) is 0 Å². The molecule has 2 aromatic heterocycles. The van der Waals surface area contributed by atoms with Crippen LogP contribution in [0.5, 0.6) is 0 Å². The van der Waals surface area contributed by atoms with Gasteiger partial charge >= 0.3 is 0 Å². The molecule has 0 saturated heterocycles. The second kappa shape index (κ2) is 5.55. The highest BCUT2D eigenvalue weighted by Crippen LogP contribution is 2.07. The molecule has 7 heteroatoms. The minimum Gasteiger partial charge on any atom is -0.349 e. The van der Waals surface area contributed by atoms with Gasteiger partial charge in [-0.2, -0.15) is 11.3 Å². The SMILES string of the molecule is NCC(=O)NCc1cn(Cc2ccsc2)nn1. The van der Waals surface area contributed by atoms with E-state index in [1.807, 2.05) is 17.6 Å². The molecule has 0 fully saturated rings. The van der Waals surface area contributed by atoms with Crippen molar-refractivity contribution in [3.05, 3.63) is 34.3 Å². The average Bonchev–Trinajstić information content (AvgIpc) is 2.98. The highest BCUT2D eigenvalue weighted by Gasteiger charge is 2.03. The first-order valence-corrected chi connectivity index (χ1v) is 6.09. The van der Waals surface area contributed by atoms with E-state index in [4.69, 9.17) is 5.73 Å². The first kappa shape index (κ1) is 11.7. The summed E-state index contributed by atoms with van der Waals surface area (Å²) in [6, 6.07) is 2.04. The van der Waals surface area contributed by atoms with Gasteiger partial charge in [-0.1, -0.05) is 5.21 Å². The molecule has 0 aliphatic heterocycles. The van der Waals surface area contributed by atoms with Crippen molar-refractivity contribution >= 4 is 17.2 Å². The van der Waals surface area contributed by atoms with Crippen LogP contribution < -0.4 is 11.1 Å². The van der Waals surface area contributed by atoms with Crippen molar-refractivity contribution in [1.29, 1.82) is 0 Å². The van der Waals surface area contributed by atoms with Crippen LogP contribution >= 0.6 is 11.3 Å². The van der Waals surface area contributed by atoms with Gasteiger partial charge in [-0.05, 0) is 22.4 Å². The quantitative estimate of drug-likeness (QED) is 0.781. The topological polar surface area (TPSA) is 85.8 Å². The molecular formula is C10H13N5OS. The van der Waals surface area contributed by atoms with Crippen LogP contribution in [0.2, 0.25) is 0 Å². The molecule has 0 saturated carbocycles. The number of rotatable bonds is 5. The molecule has 0 aromatic carbocycles. The third-order valence-electron chi connectivity index (χ3n) is 2.16. The van der Waals surface area contributed by atoms with E-state index in [-0.39, 0.29) is 12.5 Å². The van der Waals surface area contributed by atoms with E-state index < -0.39 is 0 Å². The maximum atomic E-state index is 11.0. The highest BCUT2D eigenvalue weighted by molar-refractivity contribution is 7.07. The molecule has 3 N–H and O–H groups in total. The predicted octanol–water partition coefficient (Wildman–Crippen LogP) is -0.0372. The Morgan fingerprint density at radius 2 is 2.47 bits per heavy atom. The van der Waals surface area contributed by atoms with Crippen LogP contribution in [0.3, 0.4) is 0 Å². The number of thiophene rings is 1. The van der Waals surface area contributed by atoms with E-state index >= 15 is 0 Å². The fourth-order valence-corrected chi connectivity index (χ4v) is 1.99. The maximum Gasteiger partial charge on any atom is 0.234 e. The summed E-state index contributed by atoms with van der Waals surface area (Å²) in [5, 5.41) is 14.7. The van der Waals surface area contributed by atoms with Gasteiger partial charge in [0.25, 0.3) is 0 Å². The van der Waals surface area contributed by atoms with E-state index in [1.54, 1.807) is 16.0 Å². The molecule has 0 spiro atoms. The summed E-state index contributed by atoms with van der Waals surface area (Å²) >= 11 is 1.65. The Balaban J connectivity index is 1.90. The van der Waals surface area contributed by atoms with E-state index in [0.717, 1.165) is 5.69 Å². The monoisotopic (exact) mass is 251 g/mol. The number of carbonyl (C=O) groups is 1. The summed E-state index contributed by atoms with van der Waals surface area (Å²) in [5.41, 5.74) is 7.10. The molecule has 0 aliphatic rings. The largest absolute Gasteiger partial charge is 0.349 e. The van der Waals surface area contributed by atoms with Gasteiger partial charge in [-0.15, -0.1) is 5.10 Å². The summed E-state index contributed by atoms with van der Waals surface area (Å²) in [5.74, 6) is -0.197. The molecule has 0 aliphatic carbocycles. The number of nitrogens with one attached hydrogen (secondary N) is 1. The van der Waals surface area contributed by atoms with Crippen molar-refractivity contribution in [2.75, 3.05) is 6.54 Å². The number of nitrogens with zero attached hydrogens (tertiary/aromatic N) is 3. The van der Waals surface area contributed by atoms with Gasteiger partial charge in [-0.25, -0.2) is 4.68 Å². The molecule has 6 nitrogen and oxygen atoms in total. The number of hydrogen-bond donors (Lipinski definition) is 2. The standard InChI is InChI=1S/C10H13N5OS/c11-3-10(16)12-4-9-6-15(14-13-9)5-8-1-2-17-7-8/h1-2,6-7H,3-5,11H2,(H,12,16). The number of aromatic nitrogens is 3. The number of amides is 1. The van der Waals surface area contributed by atoms with Crippen LogP contribution in [0.15, 0.2) is 23.0 Å². The lowest BCUT2D eigenvalue weighted by Crippen LogP contribution is -2.29. The van der Waals surface area contributed by atoms with Crippen molar-refractivity contribution in [1.82, 2.24) is 20.3 Å². The molecular weight excluding hydrogens is 238 g/mol. The molecule has 0 radical (unpaired) electrons. The Morgan fingerprint density at radius 3 is 3.18 bits per heavy atom. The molecule has 0 bridgehead atoms. The maximum absolute atomic E-state index is 11.0. The third kappa shape index (κ3) is 3.36. The minimum absolute atomic E-state index is 0.0109. The lowest BCUT2D eigenvalue weighted by Gasteiger charge is -1.98. The van der Waals surface area contributed by atoms with Crippen LogP contribution in [-0.2, 0) is 17.9 Å². The van der Waals surface area contributed by atoms with Crippen LogP contribution in [0.4, 0.5) is 0 Å². The Bertz CT molecular complexity index is 479. The van der Waals surface area contributed by atoms with Gasteiger partial charge in [0.1, 0.15) is 5.69 Å². The normalized spacial score (nSPS) is 10.4. The lowest BCUT2D eigenvalue weighted by atomic mass is 10.3. The molecule has 2 aromatic rings. The fourth-order valence-electron chi connectivity index (χ4n) is 1.33. The second-order valence-corrected chi connectivity index (χ2v) is 4.30. The Kier molecular flexibility index (Phi) is 3.84. The second-order valence-electron chi connectivity index (χ2n) is 3.52. The molecule has 1 amide bonds. The first-order chi connectivity index (χ1) is 8.28. The number of hydrogen-bond acceptors (Lipinski definition) is 5. The number of nitrogens with two attached hydrogens (primary N) is 1. The lowest BCUT2D eigenvalue weighted by molar-refractivity contribution is -0.119. The van der Waals surface area contributed by atoms with Crippen molar-refractivity contribution in [3.63, 3.8) is 0 Å². The van der Waals surface area contributed by atoms with E-state index in [0.29, 0.717) is 13.1 Å². The smallest absolute Gasteiger partial charge is 0.234 e. The van der Waals surface area contributed by atoms with Crippen LogP contribution in [0.25, 0.3) is 0 Å². The van der Waals surface area contributed by atoms with Crippen molar-refractivity contribution in [3.8, 4) is 0 Å². The van der Waals surface area contributed by atoms with Crippen molar-refractivity contribution in [2.45, 2.75) is 13.1 Å². The Morgan fingerprint density at radius 1 is 1.59 bits per heavy atom. The van der Waals surface area contributed by atoms with E-state index in [1.165, 1.54) is 5.56 Å². The van der Waals surface area contributed by atoms with Crippen LogP contribution in [-0.4, -0.2) is 27.4 Å². The summed E-state index contributed by atoms with van der Waals surface area (Å²) in [6.07, 6.45) is 1.81. The van der Waals surface area contributed by atoms with Gasteiger partial charge in [0.05, 0.1) is 25.8 Å². The van der Waals surface area contributed by atoms with Gasteiger partial charge in [0.2, 0.25) is 5.91 Å². The Hall–Kier alpha value is -1.73. The molecule has 2 heterocycles. The van der Waals surface area contributed by atoms with Crippen molar-refractivity contribution in [2.24, 2.45) is 5.73 Å². The number of carbonyl (C=O) groups excluding carboxylic acids is 1. The van der Waals surface area contributed by atoms with Gasteiger partial charge in [-0.3, -0.25) is 4.79 Å². The minimum atomic E-state index is -0.197. The predicted molar refractivity (Wildman–Crippen MR) is 64.3 cm³/mol. The molecule has 17 heavy (non-hydrogen) atoms. The highest BCUT2D eigenvalue weighted by atomic mass is 32.1. The first-order valence-electron chi connectivity index (χ1n) is 5.15. The summed E-state index contributed by atoms with van der Waals surface area (Å²) in [6.45, 7) is 1.05. The van der Waals surface area contributed by atoms with E-state index in [9.17, 15) is 4.79 Å². The Labute approximate surface area is 102 Å². The molecule has 2 rings (SSSR count). The summed E-state index contributed by atoms with van der Waals surface area (Å²) in [4.78, 5) is 11.0. The average molecular weight is 251 g/mol. The zero-order valence-corrected chi connectivity index (χ0v) is 9.98. The van der Waals surface area contributed by atoms with Crippen molar-refractivity contribution < 1.29 is 4.79 Å². The van der Waals surface area contributed by atoms with Crippen LogP contribution in [0.1, 0.15) is 11.3 Å². The van der Waals surface area contributed by atoms with Gasteiger partial charge < -0.3 is 11.1 Å². The van der Waals surface area contributed by atoms with E-state index in [2.05, 4.69) is 21.0 Å². The molecule has 0 atom stereocenters. The van der Waals surface area contributed by atoms with Gasteiger partial charge in [0, 0.05) is 0 Å². The van der Waals surface area contributed by atoms with Gasteiger partial charge in [0.15, 0.2) is 0 Å². The zero-order chi connectivity index (χ0) is 12.1. The molecule has 90 valence electrons.